The van der Waals surface area contributed by atoms with E-state index in [2.05, 4.69) is 27.7 Å². The van der Waals surface area contributed by atoms with Crippen LogP contribution in [-0.4, -0.2) is 10.7 Å². The molecule has 0 aromatic rings. The SMILES string of the molecule is CCC[C@@H]1[C@H]2C[C@@H](C)[C@@](C)(O)C[C@@H]2CC[C@H]1C. The molecule has 1 N–H and O–H groups in total. The fraction of sp³-hybridized carbons (Fsp3) is 1.00. The van der Waals surface area contributed by atoms with E-state index in [0.29, 0.717) is 5.92 Å². The van der Waals surface area contributed by atoms with Gasteiger partial charge in [-0.2, -0.15) is 0 Å². The average molecular weight is 238 g/mol. The van der Waals surface area contributed by atoms with Gasteiger partial charge in [-0.05, 0) is 55.8 Å². The molecule has 0 bridgehead atoms. The van der Waals surface area contributed by atoms with Crippen molar-refractivity contribution < 1.29 is 5.11 Å². The van der Waals surface area contributed by atoms with Crippen molar-refractivity contribution in [2.45, 2.75) is 71.8 Å². The third-order valence-corrected chi connectivity index (χ3v) is 5.86. The summed E-state index contributed by atoms with van der Waals surface area (Å²) in [4.78, 5) is 0. The molecule has 0 aliphatic heterocycles. The summed E-state index contributed by atoms with van der Waals surface area (Å²) in [6.45, 7) is 9.08. The van der Waals surface area contributed by atoms with E-state index < -0.39 is 5.60 Å². The molecule has 0 spiro atoms. The lowest BCUT2D eigenvalue weighted by Gasteiger charge is -2.51. The van der Waals surface area contributed by atoms with Gasteiger partial charge in [-0.1, -0.05) is 40.0 Å². The van der Waals surface area contributed by atoms with Gasteiger partial charge in [0.15, 0.2) is 0 Å². The first kappa shape index (κ1) is 13.4. The number of rotatable bonds is 2. The van der Waals surface area contributed by atoms with E-state index in [1.54, 1.807) is 0 Å². The summed E-state index contributed by atoms with van der Waals surface area (Å²) in [5.74, 6) is 4.01. The van der Waals surface area contributed by atoms with Crippen molar-refractivity contribution in [2.75, 3.05) is 0 Å². The Morgan fingerprint density at radius 1 is 1.24 bits per heavy atom. The van der Waals surface area contributed by atoms with E-state index in [1.165, 1.54) is 32.1 Å². The molecule has 2 saturated carbocycles. The predicted molar refractivity (Wildman–Crippen MR) is 72.8 cm³/mol. The highest BCUT2D eigenvalue weighted by molar-refractivity contribution is 4.97. The number of fused-ring (bicyclic) bond motifs is 1. The summed E-state index contributed by atoms with van der Waals surface area (Å²) in [6.07, 6.45) is 7.77. The van der Waals surface area contributed by atoms with Gasteiger partial charge in [0.2, 0.25) is 0 Å². The van der Waals surface area contributed by atoms with Crippen LogP contribution in [0.2, 0.25) is 0 Å². The van der Waals surface area contributed by atoms with Gasteiger partial charge in [0.25, 0.3) is 0 Å². The van der Waals surface area contributed by atoms with Gasteiger partial charge in [0.1, 0.15) is 0 Å². The predicted octanol–water partition coefficient (Wildman–Crippen LogP) is 4.25. The fourth-order valence-corrected chi connectivity index (χ4v) is 4.52. The molecule has 0 aromatic carbocycles. The molecule has 17 heavy (non-hydrogen) atoms. The van der Waals surface area contributed by atoms with Crippen LogP contribution in [0.1, 0.15) is 66.2 Å². The van der Waals surface area contributed by atoms with Gasteiger partial charge >= 0.3 is 0 Å². The first-order valence-electron chi connectivity index (χ1n) is 7.68. The summed E-state index contributed by atoms with van der Waals surface area (Å²) in [7, 11) is 0. The first-order chi connectivity index (χ1) is 7.95. The molecule has 1 heteroatoms. The Kier molecular flexibility index (Phi) is 3.87. The number of aliphatic hydroxyl groups is 1. The van der Waals surface area contributed by atoms with E-state index in [0.717, 1.165) is 30.1 Å². The van der Waals surface area contributed by atoms with Crippen LogP contribution in [0.15, 0.2) is 0 Å². The third-order valence-electron chi connectivity index (χ3n) is 5.86. The minimum absolute atomic E-state index is 0.404. The average Bonchev–Trinajstić information content (AvgIpc) is 2.25. The molecule has 2 rings (SSSR count). The Bertz CT molecular complexity index is 258. The van der Waals surface area contributed by atoms with Crippen LogP contribution < -0.4 is 0 Å². The maximum Gasteiger partial charge on any atom is 0.0648 e. The third kappa shape index (κ3) is 2.54. The fourth-order valence-electron chi connectivity index (χ4n) is 4.52. The standard InChI is InChI=1S/C16H30O/c1-5-6-14-11(2)7-8-13-10-16(4,17)12(3)9-15(13)14/h11-15,17H,5-10H2,1-4H3/t11-,12-,13+,14+,15+,16+/m1/s1. The van der Waals surface area contributed by atoms with E-state index in [4.69, 9.17) is 0 Å². The van der Waals surface area contributed by atoms with Crippen LogP contribution in [-0.2, 0) is 0 Å². The molecule has 2 fully saturated rings. The molecule has 1 nitrogen and oxygen atoms in total. The monoisotopic (exact) mass is 238 g/mol. The zero-order valence-electron chi connectivity index (χ0n) is 12.1. The summed E-state index contributed by atoms with van der Waals surface area (Å²) < 4.78 is 0. The second-order valence-corrected chi connectivity index (χ2v) is 7.13. The molecular formula is C16H30O. The highest BCUT2D eigenvalue weighted by atomic mass is 16.3. The maximum absolute atomic E-state index is 10.5. The minimum Gasteiger partial charge on any atom is -0.390 e. The Morgan fingerprint density at radius 3 is 2.59 bits per heavy atom. The minimum atomic E-state index is -0.404. The van der Waals surface area contributed by atoms with Gasteiger partial charge in [-0.15, -0.1) is 0 Å². The molecule has 100 valence electrons. The van der Waals surface area contributed by atoms with E-state index in [-0.39, 0.29) is 0 Å². The quantitative estimate of drug-likeness (QED) is 0.762. The molecule has 2 aliphatic rings. The van der Waals surface area contributed by atoms with Crippen LogP contribution in [0.5, 0.6) is 0 Å². The van der Waals surface area contributed by atoms with Crippen molar-refractivity contribution in [1.82, 2.24) is 0 Å². The molecular weight excluding hydrogens is 208 g/mol. The van der Waals surface area contributed by atoms with Gasteiger partial charge in [-0.25, -0.2) is 0 Å². The summed E-state index contributed by atoms with van der Waals surface area (Å²) >= 11 is 0. The Hall–Kier alpha value is -0.0400. The topological polar surface area (TPSA) is 20.2 Å². The van der Waals surface area contributed by atoms with Crippen molar-refractivity contribution in [2.24, 2.45) is 29.6 Å². The van der Waals surface area contributed by atoms with Crippen LogP contribution in [0.3, 0.4) is 0 Å². The summed E-state index contributed by atoms with van der Waals surface area (Å²) in [6, 6.07) is 0. The Balaban J connectivity index is 2.11. The molecule has 0 radical (unpaired) electrons. The van der Waals surface area contributed by atoms with E-state index in [9.17, 15) is 5.11 Å². The van der Waals surface area contributed by atoms with Crippen molar-refractivity contribution >= 4 is 0 Å². The highest BCUT2D eigenvalue weighted by Crippen LogP contribution is 2.51. The molecule has 0 amide bonds. The van der Waals surface area contributed by atoms with Crippen LogP contribution in [0.4, 0.5) is 0 Å². The maximum atomic E-state index is 10.5. The zero-order chi connectivity index (χ0) is 12.6. The Labute approximate surface area is 107 Å². The van der Waals surface area contributed by atoms with Gasteiger partial charge in [-0.3, -0.25) is 0 Å². The van der Waals surface area contributed by atoms with Crippen molar-refractivity contribution in [3.63, 3.8) is 0 Å². The molecule has 0 unspecified atom stereocenters. The zero-order valence-corrected chi connectivity index (χ0v) is 12.1. The number of hydrogen-bond donors (Lipinski definition) is 1. The highest BCUT2D eigenvalue weighted by Gasteiger charge is 2.46. The molecule has 2 aliphatic carbocycles. The Morgan fingerprint density at radius 2 is 1.94 bits per heavy atom. The second-order valence-electron chi connectivity index (χ2n) is 7.13. The van der Waals surface area contributed by atoms with Crippen molar-refractivity contribution in [3.05, 3.63) is 0 Å². The lowest BCUT2D eigenvalue weighted by molar-refractivity contribution is -0.0943. The van der Waals surface area contributed by atoms with Crippen molar-refractivity contribution in [1.29, 1.82) is 0 Å². The largest absolute Gasteiger partial charge is 0.390 e. The molecule has 0 aromatic heterocycles. The van der Waals surface area contributed by atoms with Crippen LogP contribution in [0.25, 0.3) is 0 Å². The second kappa shape index (κ2) is 4.91. The summed E-state index contributed by atoms with van der Waals surface area (Å²) in [5, 5.41) is 10.5. The molecule has 6 atom stereocenters. The van der Waals surface area contributed by atoms with Gasteiger partial charge in [0.05, 0.1) is 5.60 Å². The lowest BCUT2D eigenvalue weighted by atomic mass is 9.56. The van der Waals surface area contributed by atoms with Crippen LogP contribution >= 0.6 is 0 Å². The smallest absolute Gasteiger partial charge is 0.0648 e. The number of hydrogen-bond acceptors (Lipinski definition) is 1. The van der Waals surface area contributed by atoms with E-state index in [1.807, 2.05) is 0 Å². The first-order valence-corrected chi connectivity index (χ1v) is 7.68. The van der Waals surface area contributed by atoms with Gasteiger partial charge < -0.3 is 5.11 Å². The lowest BCUT2D eigenvalue weighted by Crippen LogP contribution is -2.48. The van der Waals surface area contributed by atoms with E-state index >= 15 is 0 Å². The molecule has 0 heterocycles. The summed E-state index contributed by atoms with van der Waals surface area (Å²) in [5.41, 5.74) is -0.404. The normalized spacial score (nSPS) is 51.0. The van der Waals surface area contributed by atoms with Crippen molar-refractivity contribution in [3.8, 4) is 0 Å². The van der Waals surface area contributed by atoms with Gasteiger partial charge in [0, 0.05) is 0 Å². The van der Waals surface area contributed by atoms with Crippen LogP contribution in [0, 0.1) is 29.6 Å². The molecule has 0 saturated heterocycles.